The smallest absolute Gasteiger partial charge is 0.143 e. The fourth-order valence-corrected chi connectivity index (χ4v) is 8.84. The van der Waals surface area contributed by atoms with E-state index in [1.807, 2.05) is 12.1 Å². The molecule has 0 spiro atoms. The minimum absolute atomic E-state index is 0.100. The summed E-state index contributed by atoms with van der Waals surface area (Å²) in [7, 11) is 0. The van der Waals surface area contributed by atoms with E-state index in [0.29, 0.717) is 11.8 Å². The van der Waals surface area contributed by atoms with Crippen molar-refractivity contribution in [2.75, 3.05) is 0 Å². The van der Waals surface area contributed by atoms with Crippen LogP contribution in [0.1, 0.15) is 36.8 Å². The number of benzene rings is 6. The molecule has 4 atom stereocenters. The highest BCUT2D eigenvalue weighted by Gasteiger charge is 2.34. The molecule has 2 aliphatic carbocycles. The summed E-state index contributed by atoms with van der Waals surface area (Å²) in [5.74, 6) is 1.08. The van der Waals surface area contributed by atoms with Crippen molar-refractivity contribution in [1.82, 2.24) is 0 Å². The van der Waals surface area contributed by atoms with Gasteiger partial charge in [0.05, 0.1) is 11.8 Å². The summed E-state index contributed by atoms with van der Waals surface area (Å²) >= 11 is 0. The van der Waals surface area contributed by atoms with Gasteiger partial charge in [0.2, 0.25) is 0 Å². The Morgan fingerprint density at radius 3 is 2.26 bits per heavy atom. The molecule has 7 aromatic rings. The molecule has 50 heavy (non-hydrogen) atoms. The van der Waals surface area contributed by atoms with Crippen LogP contribution in [0.2, 0.25) is 0 Å². The quantitative estimate of drug-likeness (QED) is 0.175. The molecule has 0 N–H and O–H groups in total. The molecule has 2 nitrogen and oxygen atoms in total. The first-order chi connectivity index (χ1) is 24.7. The van der Waals surface area contributed by atoms with Gasteiger partial charge in [-0.2, -0.15) is 0 Å². The van der Waals surface area contributed by atoms with Crippen LogP contribution in [0.3, 0.4) is 0 Å². The number of hydrogen-bond donors (Lipinski definition) is 0. The molecular weight excluding hydrogens is 607 g/mol. The SMILES string of the molecule is CCC1CC2=C(C=CC3C=CC(c4cccc(-c5cccc6c5oc5ccccc56)c4)=NC23)C=CC1c1cc2ccccc2c2ccccc12. The minimum Gasteiger partial charge on any atom is -0.455 e. The van der Waals surface area contributed by atoms with Gasteiger partial charge < -0.3 is 4.42 Å². The van der Waals surface area contributed by atoms with E-state index < -0.39 is 0 Å². The second kappa shape index (κ2) is 11.7. The molecule has 0 saturated carbocycles. The van der Waals surface area contributed by atoms with Crippen molar-refractivity contribution in [3.63, 3.8) is 0 Å². The average Bonchev–Trinajstić information content (AvgIpc) is 3.45. The van der Waals surface area contributed by atoms with Gasteiger partial charge in [-0.3, -0.25) is 4.99 Å². The molecular formula is C48H37NO. The highest BCUT2D eigenvalue weighted by molar-refractivity contribution is 6.12. The van der Waals surface area contributed by atoms with Gasteiger partial charge in [-0.1, -0.05) is 147 Å². The van der Waals surface area contributed by atoms with Crippen LogP contribution in [0.4, 0.5) is 0 Å². The van der Waals surface area contributed by atoms with Gasteiger partial charge in [0.25, 0.3) is 0 Å². The van der Waals surface area contributed by atoms with Crippen LogP contribution < -0.4 is 0 Å². The minimum atomic E-state index is 0.100. The molecule has 0 fully saturated rings. The van der Waals surface area contributed by atoms with Crippen molar-refractivity contribution >= 4 is 49.2 Å². The third-order valence-electron chi connectivity index (χ3n) is 11.4. The maximum atomic E-state index is 6.41. The molecule has 0 saturated heterocycles. The first kappa shape index (κ1) is 29.2. The van der Waals surface area contributed by atoms with Crippen molar-refractivity contribution in [3.8, 4) is 11.1 Å². The number of nitrogens with zero attached hydrogens (tertiary/aromatic N) is 1. The van der Waals surface area contributed by atoms with E-state index in [1.54, 1.807) is 0 Å². The Labute approximate surface area is 292 Å². The Balaban J connectivity index is 1.01. The number of dihydropyridines is 1. The van der Waals surface area contributed by atoms with E-state index in [1.165, 1.54) is 38.3 Å². The van der Waals surface area contributed by atoms with Gasteiger partial charge in [-0.05, 0) is 80.4 Å². The van der Waals surface area contributed by atoms with E-state index in [-0.39, 0.29) is 12.0 Å². The number of hydrogen-bond acceptors (Lipinski definition) is 2. The summed E-state index contributed by atoms with van der Waals surface area (Å²) in [6.45, 7) is 2.36. The number of rotatable bonds is 4. The molecule has 3 aliphatic rings. The molecule has 0 bridgehead atoms. The lowest BCUT2D eigenvalue weighted by molar-refractivity contribution is 0.442. The van der Waals surface area contributed by atoms with Crippen LogP contribution in [0.5, 0.6) is 0 Å². The molecule has 4 unspecified atom stereocenters. The van der Waals surface area contributed by atoms with E-state index in [4.69, 9.17) is 9.41 Å². The molecule has 0 radical (unpaired) electrons. The lowest BCUT2D eigenvalue weighted by Crippen LogP contribution is -2.27. The Morgan fingerprint density at radius 2 is 1.36 bits per heavy atom. The van der Waals surface area contributed by atoms with Crippen molar-refractivity contribution in [3.05, 3.63) is 180 Å². The summed E-state index contributed by atoms with van der Waals surface area (Å²) in [5.41, 5.74) is 10.5. The zero-order chi connectivity index (χ0) is 33.2. The molecule has 0 amide bonds. The number of fused-ring (bicyclic) bond motifs is 8. The summed E-state index contributed by atoms with van der Waals surface area (Å²) < 4.78 is 6.41. The first-order valence-corrected chi connectivity index (χ1v) is 18.0. The second-order valence-corrected chi connectivity index (χ2v) is 14.1. The number of para-hydroxylation sites is 2. The highest BCUT2D eigenvalue weighted by atomic mass is 16.3. The summed E-state index contributed by atoms with van der Waals surface area (Å²) in [5, 5.41) is 7.66. The number of furan rings is 1. The van der Waals surface area contributed by atoms with Gasteiger partial charge in [0.15, 0.2) is 0 Å². The fourth-order valence-electron chi connectivity index (χ4n) is 8.84. The fraction of sp³-hybridized carbons (Fsp3) is 0.146. The normalized spacial score (nSPS) is 21.5. The van der Waals surface area contributed by atoms with E-state index in [0.717, 1.165) is 57.2 Å². The van der Waals surface area contributed by atoms with Crippen LogP contribution in [0.25, 0.3) is 54.6 Å². The molecule has 1 aromatic heterocycles. The zero-order valence-electron chi connectivity index (χ0n) is 28.1. The molecule has 2 heteroatoms. The van der Waals surface area contributed by atoms with E-state index >= 15 is 0 Å². The lowest BCUT2D eigenvalue weighted by Gasteiger charge is -2.32. The van der Waals surface area contributed by atoms with Crippen molar-refractivity contribution in [2.45, 2.75) is 31.7 Å². The predicted molar refractivity (Wildman–Crippen MR) is 210 cm³/mol. The maximum absolute atomic E-state index is 6.41. The number of allylic oxidation sites excluding steroid dienone is 5. The molecule has 1 aliphatic heterocycles. The van der Waals surface area contributed by atoms with E-state index in [2.05, 4.69) is 153 Å². The molecule has 10 rings (SSSR count). The van der Waals surface area contributed by atoms with Crippen LogP contribution in [-0.4, -0.2) is 11.8 Å². The predicted octanol–water partition coefficient (Wildman–Crippen LogP) is 12.5. The van der Waals surface area contributed by atoms with Crippen LogP contribution in [0, 0.1) is 11.8 Å². The maximum Gasteiger partial charge on any atom is 0.143 e. The van der Waals surface area contributed by atoms with Gasteiger partial charge in [0.1, 0.15) is 11.2 Å². The largest absolute Gasteiger partial charge is 0.455 e. The average molecular weight is 644 g/mol. The van der Waals surface area contributed by atoms with Crippen molar-refractivity contribution < 1.29 is 4.42 Å². The van der Waals surface area contributed by atoms with Gasteiger partial charge in [0, 0.05) is 33.7 Å². The monoisotopic (exact) mass is 643 g/mol. The first-order valence-electron chi connectivity index (χ1n) is 18.0. The lowest BCUT2D eigenvalue weighted by atomic mass is 9.75. The highest BCUT2D eigenvalue weighted by Crippen LogP contribution is 2.45. The third-order valence-corrected chi connectivity index (χ3v) is 11.4. The third kappa shape index (κ3) is 4.66. The molecule has 240 valence electrons. The van der Waals surface area contributed by atoms with Gasteiger partial charge in [-0.25, -0.2) is 0 Å². The van der Waals surface area contributed by atoms with Gasteiger partial charge in [-0.15, -0.1) is 0 Å². The molecule has 2 heterocycles. The zero-order valence-corrected chi connectivity index (χ0v) is 28.1. The summed E-state index contributed by atoms with van der Waals surface area (Å²) in [4.78, 5) is 5.55. The van der Waals surface area contributed by atoms with E-state index in [9.17, 15) is 0 Å². The Morgan fingerprint density at radius 1 is 0.640 bits per heavy atom. The summed E-state index contributed by atoms with van der Waals surface area (Å²) in [6.07, 6.45) is 16.3. The van der Waals surface area contributed by atoms with Crippen LogP contribution in [0.15, 0.2) is 178 Å². The standard InChI is InChI=1S/C48H37NO/c1-2-30-28-43-31(23-25-37(30)44-29-34-11-3-4-14-36(34)39-15-5-6-16-40(39)44)21-22-32-24-26-45(49-47(32)43)35-13-9-12-33(27-35)38-18-10-19-42-41-17-7-8-20-46(41)50-48(38)42/h3-27,29-30,32,37,47H,2,28H2,1H3. The topological polar surface area (TPSA) is 25.5 Å². The van der Waals surface area contributed by atoms with Crippen molar-refractivity contribution in [1.29, 1.82) is 0 Å². The van der Waals surface area contributed by atoms with Gasteiger partial charge >= 0.3 is 0 Å². The Bertz CT molecular complexity index is 2640. The number of aliphatic imine (C=N–C) groups is 1. The van der Waals surface area contributed by atoms with Crippen LogP contribution in [-0.2, 0) is 0 Å². The van der Waals surface area contributed by atoms with Crippen molar-refractivity contribution in [2.24, 2.45) is 16.8 Å². The molecule has 6 aromatic carbocycles. The Hall–Kier alpha value is -5.73. The summed E-state index contributed by atoms with van der Waals surface area (Å²) in [6, 6.07) is 43.9. The second-order valence-electron chi connectivity index (χ2n) is 14.1. The Kier molecular flexibility index (Phi) is 6.84. The van der Waals surface area contributed by atoms with Crippen LogP contribution >= 0.6 is 0 Å².